The smallest absolute Gasteiger partial charge is 0.258 e. The molecule has 0 bridgehead atoms. The molecule has 0 aliphatic carbocycles. The largest absolute Gasteiger partial charge is 0.370 e. The lowest BCUT2D eigenvalue weighted by Crippen LogP contribution is -2.35. The normalized spacial score (nSPS) is 9.38. The van der Waals surface area contributed by atoms with Crippen molar-refractivity contribution in [1.82, 2.24) is 5.32 Å². The molecule has 6 nitrogen and oxygen atoms in total. The molecule has 0 fully saturated rings. The van der Waals surface area contributed by atoms with E-state index in [2.05, 4.69) is 16.0 Å². The van der Waals surface area contributed by atoms with Crippen molar-refractivity contribution >= 4 is 64.6 Å². The molecule has 126 valence electrons. The van der Waals surface area contributed by atoms with Crippen LogP contribution in [0, 0.1) is 5.41 Å². The van der Waals surface area contributed by atoms with Gasteiger partial charge in [-0.05, 0) is 42.5 Å². The lowest BCUT2D eigenvalue weighted by atomic mass is 10.2. The highest BCUT2D eigenvalue weighted by molar-refractivity contribution is 7.80. The van der Waals surface area contributed by atoms with E-state index in [-0.39, 0.29) is 12.4 Å². The second kappa shape index (κ2) is 9.07. The highest BCUT2D eigenvalue weighted by Crippen LogP contribution is 2.23. The number of halogens is 2. The Hall–Kier alpha value is -2.35. The van der Waals surface area contributed by atoms with Crippen LogP contribution in [-0.2, 0) is 0 Å². The number of nitrogens with one attached hydrogen (secondary N) is 4. The zero-order valence-electron chi connectivity index (χ0n) is 12.3. The molecule has 24 heavy (non-hydrogen) atoms. The van der Waals surface area contributed by atoms with E-state index in [1.54, 1.807) is 6.07 Å². The van der Waals surface area contributed by atoms with Crippen LogP contribution in [0.15, 0.2) is 48.5 Å². The summed E-state index contributed by atoms with van der Waals surface area (Å²) in [4.78, 5) is 11.8. The number of benzene rings is 2. The number of carbonyl (C=O) groups excluding carboxylic acids is 1. The first-order chi connectivity index (χ1) is 11.0. The fourth-order valence-electron chi connectivity index (χ4n) is 1.76. The van der Waals surface area contributed by atoms with Gasteiger partial charge in [0.25, 0.3) is 5.91 Å². The number of nitrogens with two attached hydrogens (primary N) is 1. The number of hydrogen-bond acceptors (Lipinski definition) is 3. The van der Waals surface area contributed by atoms with Crippen molar-refractivity contribution in [1.29, 1.82) is 5.41 Å². The molecule has 1 amide bonds. The molecule has 0 aliphatic rings. The Labute approximate surface area is 155 Å². The number of guanidine groups is 1. The van der Waals surface area contributed by atoms with Crippen LogP contribution in [0.3, 0.4) is 0 Å². The van der Waals surface area contributed by atoms with E-state index in [9.17, 15) is 4.79 Å². The maximum Gasteiger partial charge on any atom is 0.258 e. The minimum absolute atomic E-state index is 0. The number of carbonyl (C=O) groups is 1. The third kappa shape index (κ3) is 5.69. The predicted molar refractivity (Wildman–Crippen MR) is 104 cm³/mol. The second-order valence-electron chi connectivity index (χ2n) is 4.51. The van der Waals surface area contributed by atoms with Gasteiger partial charge in [-0.2, -0.15) is 0 Å². The predicted octanol–water partition coefficient (Wildman–Crippen LogP) is 3.19. The van der Waals surface area contributed by atoms with Crippen LogP contribution >= 0.6 is 36.2 Å². The Balaban J connectivity index is 0.00000288. The van der Waals surface area contributed by atoms with Gasteiger partial charge in [0.2, 0.25) is 0 Å². The van der Waals surface area contributed by atoms with Crippen molar-refractivity contribution in [2.24, 2.45) is 5.73 Å². The van der Waals surface area contributed by atoms with Crippen LogP contribution in [0.5, 0.6) is 0 Å². The summed E-state index contributed by atoms with van der Waals surface area (Å²) in [6, 6.07) is 14.0. The Morgan fingerprint density at radius 3 is 2.42 bits per heavy atom. The van der Waals surface area contributed by atoms with Crippen LogP contribution in [0.25, 0.3) is 0 Å². The van der Waals surface area contributed by atoms with E-state index < -0.39 is 11.9 Å². The maximum atomic E-state index is 11.8. The van der Waals surface area contributed by atoms with Crippen molar-refractivity contribution in [3.8, 4) is 0 Å². The highest BCUT2D eigenvalue weighted by atomic mass is 35.5. The summed E-state index contributed by atoms with van der Waals surface area (Å²) in [5.74, 6) is -0.931. The van der Waals surface area contributed by atoms with Gasteiger partial charge >= 0.3 is 0 Å². The van der Waals surface area contributed by atoms with Crippen LogP contribution in [0.4, 0.5) is 11.4 Å². The summed E-state index contributed by atoms with van der Waals surface area (Å²) in [5.41, 5.74) is 6.74. The molecular formula is C15H15Cl2N5OS. The SMILES string of the molecule is Cl.N=C(N)NC(=O)c1ccc(Cl)c(NC(=S)Nc2ccccc2)c1. The van der Waals surface area contributed by atoms with Crippen LogP contribution in [-0.4, -0.2) is 17.0 Å². The average molecular weight is 384 g/mol. The molecule has 2 rings (SSSR count). The highest BCUT2D eigenvalue weighted by Gasteiger charge is 2.10. The molecule has 0 unspecified atom stereocenters. The van der Waals surface area contributed by atoms with Crippen molar-refractivity contribution in [2.45, 2.75) is 0 Å². The van der Waals surface area contributed by atoms with Gasteiger partial charge in [0.1, 0.15) is 0 Å². The molecule has 2 aromatic rings. The Morgan fingerprint density at radius 2 is 1.79 bits per heavy atom. The summed E-state index contributed by atoms with van der Waals surface area (Å²) in [7, 11) is 0. The molecule has 0 saturated heterocycles. The van der Waals surface area contributed by atoms with Crippen molar-refractivity contribution < 1.29 is 4.79 Å². The first-order valence-corrected chi connectivity index (χ1v) is 7.32. The van der Waals surface area contributed by atoms with E-state index in [1.807, 2.05) is 30.3 Å². The van der Waals surface area contributed by atoms with Gasteiger partial charge in [-0.15, -0.1) is 12.4 Å². The van der Waals surface area contributed by atoms with Crippen molar-refractivity contribution in [3.05, 3.63) is 59.1 Å². The summed E-state index contributed by atoms with van der Waals surface area (Å²) < 4.78 is 0. The fraction of sp³-hybridized carbons (Fsp3) is 0. The number of hydrogen-bond donors (Lipinski definition) is 5. The van der Waals surface area contributed by atoms with Gasteiger partial charge in [0.15, 0.2) is 11.1 Å². The van der Waals surface area contributed by atoms with Crippen molar-refractivity contribution in [2.75, 3.05) is 10.6 Å². The van der Waals surface area contributed by atoms with E-state index in [1.165, 1.54) is 12.1 Å². The second-order valence-corrected chi connectivity index (χ2v) is 5.32. The molecule has 0 saturated carbocycles. The first-order valence-electron chi connectivity index (χ1n) is 6.53. The number of thiocarbonyl (C=S) groups is 1. The third-order valence-corrected chi connectivity index (χ3v) is 3.29. The molecule has 2 aromatic carbocycles. The van der Waals surface area contributed by atoms with Gasteiger partial charge in [-0.3, -0.25) is 15.5 Å². The molecular weight excluding hydrogens is 369 g/mol. The molecule has 6 N–H and O–H groups in total. The molecule has 0 aromatic heterocycles. The monoisotopic (exact) mass is 383 g/mol. The zero-order chi connectivity index (χ0) is 16.8. The van der Waals surface area contributed by atoms with E-state index in [0.717, 1.165) is 5.69 Å². The van der Waals surface area contributed by atoms with Gasteiger partial charge in [-0.1, -0.05) is 29.8 Å². The Kier molecular flexibility index (Phi) is 7.44. The maximum absolute atomic E-state index is 11.8. The fourth-order valence-corrected chi connectivity index (χ4v) is 2.16. The van der Waals surface area contributed by atoms with Crippen LogP contribution < -0.4 is 21.7 Å². The summed E-state index contributed by atoms with van der Waals surface area (Å²) >= 11 is 11.3. The minimum atomic E-state index is -0.501. The van der Waals surface area contributed by atoms with Crippen molar-refractivity contribution in [3.63, 3.8) is 0 Å². The lowest BCUT2D eigenvalue weighted by molar-refractivity contribution is 0.0976. The standard InChI is InChI=1S/C15H14ClN5OS.ClH/c16-11-7-6-9(13(22)21-14(17)18)8-12(11)20-15(23)19-10-4-2-1-3-5-10;/h1-8H,(H2,19,20,23)(H4,17,18,21,22);1H. The summed E-state index contributed by atoms with van der Waals surface area (Å²) in [6.45, 7) is 0. The molecule has 0 radical (unpaired) electrons. The van der Waals surface area contributed by atoms with Gasteiger partial charge in [-0.25, -0.2) is 0 Å². The number of rotatable bonds is 3. The number of anilines is 2. The summed E-state index contributed by atoms with van der Waals surface area (Å²) in [5, 5.41) is 16.0. The van der Waals surface area contributed by atoms with Crippen LogP contribution in [0.1, 0.15) is 10.4 Å². The van der Waals surface area contributed by atoms with Gasteiger partial charge < -0.3 is 16.4 Å². The van der Waals surface area contributed by atoms with Gasteiger partial charge in [0.05, 0.1) is 10.7 Å². The molecule has 0 heterocycles. The third-order valence-electron chi connectivity index (χ3n) is 2.76. The Bertz CT molecular complexity index is 755. The molecule has 0 aliphatic heterocycles. The summed E-state index contributed by atoms with van der Waals surface area (Å²) in [6.07, 6.45) is 0. The first kappa shape index (κ1) is 19.7. The lowest BCUT2D eigenvalue weighted by Gasteiger charge is -2.13. The minimum Gasteiger partial charge on any atom is -0.370 e. The van der Waals surface area contributed by atoms with Crippen LogP contribution in [0.2, 0.25) is 5.02 Å². The van der Waals surface area contributed by atoms with Gasteiger partial charge in [0, 0.05) is 11.3 Å². The molecule has 9 heteroatoms. The number of amides is 1. The topological polar surface area (TPSA) is 103 Å². The van der Waals surface area contributed by atoms with E-state index in [0.29, 0.717) is 21.4 Å². The van der Waals surface area contributed by atoms with E-state index >= 15 is 0 Å². The van der Waals surface area contributed by atoms with E-state index in [4.69, 9.17) is 35.0 Å². The number of para-hydroxylation sites is 1. The zero-order valence-corrected chi connectivity index (χ0v) is 14.7. The quantitative estimate of drug-likeness (QED) is 0.318. The molecule has 0 spiro atoms. The Morgan fingerprint density at radius 1 is 1.12 bits per heavy atom. The molecule has 0 atom stereocenters. The average Bonchev–Trinajstić information content (AvgIpc) is 2.49.